The van der Waals surface area contributed by atoms with E-state index in [1.807, 2.05) is 62.4 Å². The van der Waals surface area contributed by atoms with Crippen molar-refractivity contribution in [2.24, 2.45) is 0 Å². The molecule has 0 spiro atoms. The average Bonchev–Trinajstić information content (AvgIpc) is 2.67. The Balaban J connectivity index is 2.06. The number of carbonyl (C=O) groups is 1. The molecule has 3 aromatic rings. The first-order valence-electron chi connectivity index (χ1n) is 9.16. The molecule has 4 rings (SSSR count). The first-order valence-corrected chi connectivity index (χ1v) is 10.1. The van der Waals surface area contributed by atoms with Crippen molar-refractivity contribution in [3.8, 4) is 11.3 Å². The van der Waals surface area contributed by atoms with Gasteiger partial charge < -0.3 is 0 Å². The summed E-state index contributed by atoms with van der Waals surface area (Å²) in [6, 6.07) is 15.4. The number of para-hydroxylation sites is 1. The van der Waals surface area contributed by atoms with E-state index >= 15 is 0 Å². The Morgan fingerprint density at radius 1 is 1.21 bits per heavy atom. The van der Waals surface area contributed by atoms with Crippen LogP contribution in [-0.4, -0.2) is 21.7 Å². The third-order valence-corrected chi connectivity index (χ3v) is 5.50. The van der Waals surface area contributed by atoms with Crippen LogP contribution in [0.1, 0.15) is 31.1 Å². The monoisotopic (exact) mass is 393 g/mol. The summed E-state index contributed by atoms with van der Waals surface area (Å²) in [7, 11) is 0. The topological polar surface area (TPSA) is 69.9 Å². The fourth-order valence-electron chi connectivity index (χ4n) is 3.55. The number of carbonyl (C=O) groups excluding carboxylic acids is 1. The minimum Gasteiger partial charge on any atom is -0.291 e. The molecule has 2 heterocycles. The highest BCUT2D eigenvalue weighted by atomic mass is 32.2. The van der Waals surface area contributed by atoms with E-state index < -0.39 is 6.17 Å². The molecule has 1 aromatic heterocycles. The molecular weight excluding hydrogens is 372 g/mol. The van der Waals surface area contributed by atoms with E-state index in [0.29, 0.717) is 22.1 Å². The summed E-state index contributed by atoms with van der Waals surface area (Å²) in [5.74, 6) is 0.674. The number of benzene rings is 2. The van der Waals surface area contributed by atoms with Crippen LogP contribution in [0.2, 0.25) is 0 Å². The minimum atomic E-state index is -0.526. The summed E-state index contributed by atoms with van der Waals surface area (Å²) in [5, 5.41) is 5.24. The first-order chi connectivity index (χ1) is 13.5. The molecule has 6 nitrogen and oxygen atoms in total. The van der Waals surface area contributed by atoms with Crippen LogP contribution in [0.15, 0.2) is 58.5 Å². The zero-order valence-electron chi connectivity index (χ0n) is 16.0. The fraction of sp³-hybridized carbons (Fsp3) is 0.238. The molecule has 0 saturated heterocycles. The van der Waals surface area contributed by atoms with Crippen molar-refractivity contribution in [1.29, 1.82) is 0 Å². The highest BCUT2D eigenvalue weighted by Crippen LogP contribution is 2.37. The third-order valence-electron chi connectivity index (χ3n) is 4.75. The number of nitrogens with zero attached hydrogens (tertiary/aromatic N) is 3. The second-order valence-electron chi connectivity index (χ2n) is 6.68. The van der Waals surface area contributed by atoms with Crippen LogP contribution in [0.5, 0.6) is 0 Å². The molecule has 7 heteroatoms. The molecule has 1 aliphatic rings. The molecule has 0 fully saturated rings. The van der Waals surface area contributed by atoms with Gasteiger partial charge in [0.05, 0.1) is 11.3 Å². The van der Waals surface area contributed by atoms with Gasteiger partial charge in [0.1, 0.15) is 0 Å². The molecule has 0 bridgehead atoms. The van der Waals surface area contributed by atoms with Gasteiger partial charge in [-0.2, -0.15) is 0 Å². The van der Waals surface area contributed by atoms with Crippen molar-refractivity contribution in [2.45, 2.75) is 32.1 Å². The maximum Gasteiger partial charge on any atom is 0.325 e. The maximum absolute atomic E-state index is 13.0. The van der Waals surface area contributed by atoms with Crippen LogP contribution < -0.4 is 15.1 Å². The normalized spacial score (nSPS) is 15.1. The van der Waals surface area contributed by atoms with Crippen molar-refractivity contribution in [2.75, 3.05) is 10.7 Å². The Morgan fingerprint density at radius 3 is 2.61 bits per heavy atom. The summed E-state index contributed by atoms with van der Waals surface area (Å²) < 4.78 is 1.69. The highest BCUT2D eigenvalue weighted by Gasteiger charge is 2.44. The summed E-state index contributed by atoms with van der Waals surface area (Å²) in [4.78, 5) is 30.3. The molecule has 1 atom stereocenters. The van der Waals surface area contributed by atoms with E-state index in [9.17, 15) is 9.59 Å². The molecule has 1 amide bonds. The Hall–Kier alpha value is -2.93. The molecule has 1 N–H and O–H groups in total. The van der Waals surface area contributed by atoms with E-state index in [4.69, 9.17) is 5.10 Å². The summed E-state index contributed by atoms with van der Waals surface area (Å²) in [6.07, 6.45) is -0.526. The van der Waals surface area contributed by atoms with Gasteiger partial charge in [-0.1, -0.05) is 48.5 Å². The van der Waals surface area contributed by atoms with Crippen LogP contribution in [0.3, 0.4) is 0 Å². The number of aryl methyl sites for hydroxylation is 1. The number of fused-ring (bicyclic) bond motifs is 3. The van der Waals surface area contributed by atoms with Gasteiger partial charge in [0.25, 0.3) is 6.17 Å². The smallest absolute Gasteiger partial charge is 0.291 e. The number of nitrogens with one attached hydrogen (secondary N) is 1. The van der Waals surface area contributed by atoms with Gasteiger partial charge in [0.2, 0.25) is 11.1 Å². The Labute approximate surface area is 167 Å². The highest BCUT2D eigenvalue weighted by molar-refractivity contribution is 7.99. The number of anilines is 1. The average molecular weight is 393 g/mol. The van der Waals surface area contributed by atoms with E-state index in [1.54, 1.807) is 16.5 Å². The number of hydrogen-bond acceptors (Lipinski definition) is 4. The molecule has 1 unspecified atom stereocenters. The second kappa shape index (κ2) is 7.24. The summed E-state index contributed by atoms with van der Waals surface area (Å²) >= 11 is 1.46. The van der Waals surface area contributed by atoms with Crippen molar-refractivity contribution in [1.82, 2.24) is 10.1 Å². The van der Waals surface area contributed by atoms with Gasteiger partial charge in [-0.05, 0) is 41.6 Å². The number of rotatable bonds is 3. The fourth-order valence-corrected chi connectivity index (χ4v) is 4.14. The second-order valence-corrected chi connectivity index (χ2v) is 7.93. The number of H-pyrrole nitrogens is 1. The first kappa shape index (κ1) is 18.4. The quantitative estimate of drug-likeness (QED) is 0.548. The van der Waals surface area contributed by atoms with Crippen LogP contribution >= 0.6 is 11.8 Å². The predicted molar refractivity (Wildman–Crippen MR) is 109 cm³/mol. The lowest BCUT2D eigenvalue weighted by molar-refractivity contribution is -0.763. The summed E-state index contributed by atoms with van der Waals surface area (Å²) in [5.41, 5.74) is 3.68. The number of thioether (sulfide) groups is 1. The molecule has 28 heavy (non-hydrogen) atoms. The molecule has 142 valence electrons. The standard InChI is InChI=1S/C21H20N4O2S/c1-4-28-21-22-19(27)18-16-7-5-6-8-17(16)24(14(3)26)20(25(18)23-21)15-11-9-13(2)10-12-15/h5-12,20H,4H2,1-3H3/p+1. The lowest BCUT2D eigenvalue weighted by Gasteiger charge is -2.31. The zero-order chi connectivity index (χ0) is 19.8. The minimum absolute atomic E-state index is 0.108. The number of aromatic nitrogens is 3. The number of aromatic amines is 1. The predicted octanol–water partition coefficient (Wildman–Crippen LogP) is 3.06. The SMILES string of the molecule is CCSc1n[n+]2c(c(=O)[nH]1)-c1ccccc1N(C(C)=O)C2c1ccc(C)cc1. The molecule has 1 aliphatic heterocycles. The molecular formula is C21H21N4O2S+. The van der Waals surface area contributed by atoms with Gasteiger partial charge in [-0.3, -0.25) is 14.6 Å². The van der Waals surface area contributed by atoms with Crippen molar-refractivity contribution in [3.63, 3.8) is 0 Å². The molecule has 2 aromatic carbocycles. The van der Waals surface area contributed by atoms with E-state index in [0.717, 1.165) is 16.9 Å². The molecule has 0 aliphatic carbocycles. The lowest BCUT2D eigenvalue weighted by atomic mass is 10.0. The van der Waals surface area contributed by atoms with E-state index in [-0.39, 0.29) is 11.5 Å². The maximum atomic E-state index is 13.0. The number of hydrogen-bond donors (Lipinski definition) is 1. The van der Waals surface area contributed by atoms with E-state index in [2.05, 4.69) is 4.98 Å². The van der Waals surface area contributed by atoms with Gasteiger partial charge in [-0.25, -0.2) is 4.90 Å². The summed E-state index contributed by atoms with van der Waals surface area (Å²) in [6.45, 7) is 5.56. The third kappa shape index (κ3) is 3.01. The van der Waals surface area contributed by atoms with Gasteiger partial charge in [0, 0.05) is 17.6 Å². The van der Waals surface area contributed by atoms with Crippen LogP contribution in [0, 0.1) is 6.92 Å². The van der Waals surface area contributed by atoms with Crippen LogP contribution in [-0.2, 0) is 4.79 Å². The number of amides is 1. The van der Waals surface area contributed by atoms with Crippen molar-refractivity contribution < 1.29 is 9.48 Å². The molecule has 0 saturated carbocycles. The van der Waals surface area contributed by atoms with Crippen LogP contribution in [0.4, 0.5) is 5.69 Å². The molecule has 0 radical (unpaired) electrons. The van der Waals surface area contributed by atoms with Crippen molar-refractivity contribution in [3.05, 3.63) is 70.0 Å². The largest absolute Gasteiger partial charge is 0.325 e. The van der Waals surface area contributed by atoms with Gasteiger partial charge in [0.15, 0.2) is 0 Å². The Bertz CT molecular complexity index is 1110. The van der Waals surface area contributed by atoms with Crippen LogP contribution in [0.25, 0.3) is 11.3 Å². The Morgan fingerprint density at radius 2 is 1.93 bits per heavy atom. The van der Waals surface area contributed by atoms with Gasteiger partial charge >= 0.3 is 11.3 Å². The zero-order valence-corrected chi connectivity index (χ0v) is 16.8. The lowest BCUT2D eigenvalue weighted by Crippen LogP contribution is -2.60. The van der Waals surface area contributed by atoms with E-state index in [1.165, 1.54) is 11.8 Å². The Kier molecular flexibility index (Phi) is 4.77. The van der Waals surface area contributed by atoms with Gasteiger partial charge in [-0.15, -0.1) is 0 Å². The van der Waals surface area contributed by atoms with Crippen molar-refractivity contribution >= 4 is 23.4 Å².